The van der Waals surface area contributed by atoms with Crippen molar-refractivity contribution in [1.82, 2.24) is 9.88 Å². The quantitative estimate of drug-likeness (QED) is 0.781. The zero-order valence-corrected chi connectivity index (χ0v) is 11.2. The number of rotatable bonds is 2. The highest BCUT2D eigenvalue weighted by molar-refractivity contribution is 5.91. The van der Waals surface area contributed by atoms with Crippen molar-refractivity contribution in [2.75, 3.05) is 6.54 Å². The topological polar surface area (TPSA) is 33.2 Å². The van der Waals surface area contributed by atoms with E-state index >= 15 is 0 Å². The van der Waals surface area contributed by atoms with Crippen LogP contribution in [0.2, 0.25) is 0 Å². The molecule has 0 atom stereocenters. The number of pyridine rings is 1. The highest BCUT2D eigenvalue weighted by Crippen LogP contribution is 2.18. The predicted octanol–water partition coefficient (Wildman–Crippen LogP) is 2.68. The van der Waals surface area contributed by atoms with E-state index in [0.29, 0.717) is 6.54 Å². The second-order valence-corrected chi connectivity index (χ2v) is 4.90. The predicted molar refractivity (Wildman–Crippen MR) is 78.8 cm³/mol. The number of fused-ring (bicyclic) bond motifs is 1. The molecule has 100 valence electrons. The third-order valence-corrected chi connectivity index (χ3v) is 3.55. The normalized spacial score (nSPS) is 14.3. The third kappa shape index (κ3) is 2.77. The number of hydrogen-bond donors (Lipinski definition) is 0. The van der Waals surface area contributed by atoms with Gasteiger partial charge in [-0.25, -0.2) is 0 Å². The molecule has 1 amide bonds. The molecule has 0 saturated carbocycles. The number of carbonyl (C=O) groups is 1. The SMILES string of the molecule is O=C(/C=C/c1cccnc1)N1CCc2ccccc2C1. The van der Waals surface area contributed by atoms with Gasteiger partial charge in [-0.15, -0.1) is 0 Å². The van der Waals surface area contributed by atoms with Gasteiger partial charge in [0.05, 0.1) is 0 Å². The maximum absolute atomic E-state index is 12.2. The summed E-state index contributed by atoms with van der Waals surface area (Å²) in [4.78, 5) is 18.1. The number of amides is 1. The molecular formula is C17H16N2O. The van der Waals surface area contributed by atoms with E-state index in [4.69, 9.17) is 0 Å². The van der Waals surface area contributed by atoms with Crippen molar-refractivity contribution < 1.29 is 4.79 Å². The van der Waals surface area contributed by atoms with E-state index in [9.17, 15) is 4.79 Å². The molecule has 2 aromatic rings. The Labute approximate surface area is 118 Å². The van der Waals surface area contributed by atoms with Crippen LogP contribution in [0.5, 0.6) is 0 Å². The summed E-state index contributed by atoms with van der Waals surface area (Å²) >= 11 is 0. The second kappa shape index (κ2) is 5.70. The van der Waals surface area contributed by atoms with Crippen LogP contribution in [0, 0.1) is 0 Å². The van der Waals surface area contributed by atoms with Crippen molar-refractivity contribution in [1.29, 1.82) is 0 Å². The summed E-state index contributed by atoms with van der Waals surface area (Å²) in [6.45, 7) is 1.49. The lowest BCUT2D eigenvalue weighted by Crippen LogP contribution is -2.34. The lowest BCUT2D eigenvalue weighted by Gasteiger charge is -2.27. The molecule has 0 bridgehead atoms. The van der Waals surface area contributed by atoms with Crippen LogP contribution in [-0.2, 0) is 17.8 Å². The summed E-state index contributed by atoms with van der Waals surface area (Å²) in [5, 5.41) is 0. The fraction of sp³-hybridized carbons (Fsp3) is 0.176. The van der Waals surface area contributed by atoms with Gasteiger partial charge in [0.25, 0.3) is 0 Å². The van der Waals surface area contributed by atoms with E-state index in [-0.39, 0.29) is 5.91 Å². The molecule has 0 spiro atoms. The van der Waals surface area contributed by atoms with Crippen LogP contribution in [0.15, 0.2) is 54.9 Å². The van der Waals surface area contributed by atoms with E-state index < -0.39 is 0 Å². The summed E-state index contributed by atoms with van der Waals surface area (Å²) in [7, 11) is 0. The van der Waals surface area contributed by atoms with Crippen molar-refractivity contribution in [2.24, 2.45) is 0 Å². The Morgan fingerprint density at radius 2 is 2.00 bits per heavy atom. The fourth-order valence-corrected chi connectivity index (χ4v) is 2.43. The molecule has 0 aliphatic carbocycles. The fourth-order valence-electron chi connectivity index (χ4n) is 2.43. The Morgan fingerprint density at radius 1 is 1.15 bits per heavy atom. The maximum atomic E-state index is 12.2. The van der Waals surface area contributed by atoms with Crippen LogP contribution in [0.4, 0.5) is 0 Å². The lowest BCUT2D eigenvalue weighted by atomic mass is 10.00. The first-order chi connectivity index (χ1) is 9.83. The number of benzene rings is 1. The largest absolute Gasteiger partial charge is 0.334 e. The Balaban J connectivity index is 1.69. The van der Waals surface area contributed by atoms with E-state index in [1.165, 1.54) is 11.1 Å². The molecule has 1 aromatic heterocycles. The summed E-state index contributed by atoms with van der Waals surface area (Å²) < 4.78 is 0. The number of hydrogen-bond acceptors (Lipinski definition) is 2. The Bertz CT molecular complexity index is 634. The van der Waals surface area contributed by atoms with E-state index in [0.717, 1.165) is 18.5 Å². The first kappa shape index (κ1) is 12.6. The van der Waals surface area contributed by atoms with Crippen LogP contribution >= 0.6 is 0 Å². The van der Waals surface area contributed by atoms with Crippen molar-refractivity contribution in [3.63, 3.8) is 0 Å². The highest BCUT2D eigenvalue weighted by Gasteiger charge is 2.18. The molecule has 2 heterocycles. The molecule has 3 heteroatoms. The van der Waals surface area contributed by atoms with Gasteiger partial charge in [0.2, 0.25) is 5.91 Å². The van der Waals surface area contributed by atoms with Crippen molar-refractivity contribution >= 4 is 12.0 Å². The van der Waals surface area contributed by atoms with Crippen LogP contribution < -0.4 is 0 Å². The van der Waals surface area contributed by atoms with Gasteiger partial charge in [0.1, 0.15) is 0 Å². The molecule has 0 saturated heterocycles. The van der Waals surface area contributed by atoms with Crippen LogP contribution in [0.1, 0.15) is 16.7 Å². The van der Waals surface area contributed by atoms with E-state index in [1.807, 2.05) is 29.2 Å². The van der Waals surface area contributed by atoms with Gasteiger partial charge in [-0.3, -0.25) is 9.78 Å². The summed E-state index contributed by atoms with van der Waals surface area (Å²) in [6.07, 6.45) is 7.85. The van der Waals surface area contributed by atoms with Gasteiger partial charge in [0.15, 0.2) is 0 Å². The number of aromatic nitrogens is 1. The average Bonchev–Trinajstić information content (AvgIpc) is 2.53. The Kier molecular flexibility index (Phi) is 3.59. The second-order valence-electron chi connectivity index (χ2n) is 4.90. The molecule has 1 aliphatic heterocycles. The first-order valence-electron chi connectivity index (χ1n) is 6.77. The summed E-state index contributed by atoms with van der Waals surface area (Å²) in [5.41, 5.74) is 3.55. The molecule has 0 N–H and O–H groups in total. The Morgan fingerprint density at radius 3 is 2.80 bits per heavy atom. The standard InChI is InChI=1S/C17H16N2O/c20-17(8-7-14-4-3-10-18-12-14)19-11-9-15-5-1-2-6-16(15)13-19/h1-8,10,12H,9,11,13H2/b8-7+. The van der Waals surface area contributed by atoms with Crippen LogP contribution in [-0.4, -0.2) is 22.3 Å². The van der Waals surface area contributed by atoms with Gasteiger partial charge in [-0.1, -0.05) is 30.3 Å². The van der Waals surface area contributed by atoms with E-state index in [1.54, 1.807) is 18.5 Å². The molecule has 0 unspecified atom stereocenters. The molecular weight excluding hydrogens is 248 g/mol. The minimum Gasteiger partial charge on any atom is -0.334 e. The van der Waals surface area contributed by atoms with Gasteiger partial charge >= 0.3 is 0 Å². The zero-order chi connectivity index (χ0) is 13.8. The van der Waals surface area contributed by atoms with Gasteiger partial charge in [-0.05, 0) is 35.3 Å². The molecule has 3 rings (SSSR count). The Hall–Kier alpha value is -2.42. The summed E-state index contributed by atoms with van der Waals surface area (Å²) in [6, 6.07) is 12.1. The van der Waals surface area contributed by atoms with Crippen molar-refractivity contribution in [3.05, 3.63) is 71.6 Å². The van der Waals surface area contributed by atoms with Gasteiger partial charge < -0.3 is 4.90 Å². The van der Waals surface area contributed by atoms with Crippen molar-refractivity contribution in [3.8, 4) is 0 Å². The first-order valence-corrected chi connectivity index (χ1v) is 6.77. The minimum atomic E-state index is 0.0587. The zero-order valence-electron chi connectivity index (χ0n) is 11.2. The molecule has 1 aliphatic rings. The molecule has 20 heavy (non-hydrogen) atoms. The summed E-state index contributed by atoms with van der Waals surface area (Å²) in [5.74, 6) is 0.0587. The van der Waals surface area contributed by atoms with E-state index in [2.05, 4.69) is 23.2 Å². The lowest BCUT2D eigenvalue weighted by molar-refractivity contribution is -0.126. The molecule has 0 fully saturated rings. The molecule has 3 nitrogen and oxygen atoms in total. The number of nitrogens with zero attached hydrogens (tertiary/aromatic N) is 2. The van der Waals surface area contributed by atoms with Crippen LogP contribution in [0.3, 0.4) is 0 Å². The van der Waals surface area contributed by atoms with Crippen LogP contribution in [0.25, 0.3) is 6.08 Å². The smallest absolute Gasteiger partial charge is 0.246 e. The maximum Gasteiger partial charge on any atom is 0.246 e. The number of carbonyl (C=O) groups excluding carboxylic acids is 1. The third-order valence-electron chi connectivity index (χ3n) is 3.55. The minimum absolute atomic E-state index is 0.0587. The van der Waals surface area contributed by atoms with Crippen molar-refractivity contribution in [2.45, 2.75) is 13.0 Å². The van der Waals surface area contributed by atoms with Gasteiger partial charge in [-0.2, -0.15) is 0 Å². The molecule has 1 aromatic carbocycles. The highest BCUT2D eigenvalue weighted by atomic mass is 16.2. The average molecular weight is 264 g/mol. The molecule has 0 radical (unpaired) electrons. The monoisotopic (exact) mass is 264 g/mol. The van der Waals surface area contributed by atoms with Gasteiger partial charge in [0, 0.05) is 31.6 Å².